The molecule has 1 aromatic heterocycles. The van der Waals surface area contributed by atoms with E-state index in [1.54, 1.807) is 18.3 Å². The molecule has 3 N–H and O–H groups in total. The Labute approximate surface area is 124 Å². The number of nitrogen functional groups attached to an aromatic ring is 1. The van der Waals surface area contributed by atoms with Crippen molar-refractivity contribution >= 4 is 5.82 Å². The van der Waals surface area contributed by atoms with Gasteiger partial charge in [0.15, 0.2) is 11.6 Å². The van der Waals surface area contributed by atoms with Crippen molar-refractivity contribution < 1.29 is 9.13 Å². The van der Waals surface area contributed by atoms with E-state index in [9.17, 15) is 4.39 Å². The van der Waals surface area contributed by atoms with Crippen molar-refractivity contribution in [1.82, 2.24) is 10.3 Å². The molecule has 1 atom stereocenters. The van der Waals surface area contributed by atoms with E-state index < -0.39 is 0 Å². The molecule has 0 fully saturated rings. The van der Waals surface area contributed by atoms with Crippen molar-refractivity contribution in [3.05, 3.63) is 53.5 Å². The summed E-state index contributed by atoms with van der Waals surface area (Å²) in [5, 5.41) is 3.42. The largest absolute Gasteiger partial charge is 0.494 e. The fourth-order valence-corrected chi connectivity index (χ4v) is 2.23. The number of ether oxygens (including phenoxy) is 1. The Morgan fingerprint density at radius 1 is 1.38 bits per heavy atom. The molecule has 0 spiro atoms. The highest BCUT2D eigenvalue weighted by Gasteiger charge is 2.18. The van der Waals surface area contributed by atoms with E-state index in [-0.39, 0.29) is 17.6 Å². The number of nitrogens with two attached hydrogens (primary N) is 1. The Balaban J connectivity index is 2.43. The lowest BCUT2D eigenvalue weighted by Gasteiger charge is -2.21. The summed E-state index contributed by atoms with van der Waals surface area (Å²) in [7, 11) is 1.45. The number of rotatable bonds is 6. The normalized spacial score (nSPS) is 12.1. The van der Waals surface area contributed by atoms with Gasteiger partial charge in [0.05, 0.1) is 13.2 Å². The van der Waals surface area contributed by atoms with Crippen LogP contribution in [0.1, 0.15) is 30.5 Å². The lowest BCUT2D eigenvalue weighted by Crippen LogP contribution is -2.24. The van der Waals surface area contributed by atoms with Crippen LogP contribution in [-0.4, -0.2) is 18.6 Å². The first-order valence-electron chi connectivity index (χ1n) is 6.94. The molecule has 0 aliphatic heterocycles. The van der Waals surface area contributed by atoms with Crippen LogP contribution in [0.15, 0.2) is 36.5 Å². The minimum atomic E-state index is -0.380. The van der Waals surface area contributed by atoms with Gasteiger partial charge in [-0.15, -0.1) is 0 Å². The zero-order valence-electron chi connectivity index (χ0n) is 12.3. The first kappa shape index (κ1) is 15.3. The van der Waals surface area contributed by atoms with Crippen LogP contribution in [0.3, 0.4) is 0 Å². The Morgan fingerprint density at radius 3 is 2.86 bits per heavy atom. The quantitative estimate of drug-likeness (QED) is 0.858. The molecule has 21 heavy (non-hydrogen) atoms. The Kier molecular flexibility index (Phi) is 5.11. The molecule has 112 valence electrons. The third-order valence-electron chi connectivity index (χ3n) is 3.29. The monoisotopic (exact) mass is 289 g/mol. The van der Waals surface area contributed by atoms with Crippen LogP contribution < -0.4 is 15.8 Å². The van der Waals surface area contributed by atoms with Gasteiger partial charge in [0, 0.05) is 11.8 Å². The molecule has 4 nitrogen and oxygen atoms in total. The van der Waals surface area contributed by atoms with Crippen LogP contribution in [0.25, 0.3) is 0 Å². The number of halogens is 1. The van der Waals surface area contributed by atoms with E-state index in [0.29, 0.717) is 5.82 Å². The molecule has 0 aliphatic carbocycles. The Hall–Kier alpha value is -2.14. The highest BCUT2D eigenvalue weighted by atomic mass is 19.1. The summed E-state index contributed by atoms with van der Waals surface area (Å²) < 4.78 is 18.6. The SMILES string of the molecule is CCCNC(c1ccc(F)c(OC)c1)c1cccnc1N. The van der Waals surface area contributed by atoms with Gasteiger partial charge in [0.25, 0.3) is 0 Å². The number of aromatic nitrogens is 1. The van der Waals surface area contributed by atoms with Crippen LogP contribution in [-0.2, 0) is 0 Å². The van der Waals surface area contributed by atoms with Crippen molar-refractivity contribution in [2.24, 2.45) is 0 Å². The van der Waals surface area contributed by atoms with Gasteiger partial charge in [0.1, 0.15) is 5.82 Å². The van der Waals surface area contributed by atoms with Crippen LogP contribution in [0.2, 0.25) is 0 Å². The number of nitrogens with one attached hydrogen (secondary N) is 1. The van der Waals surface area contributed by atoms with E-state index in [1.807, 2.05) is 12.1 Å². The summed E-state index contributed by atoms with van der Waals surface area (Å²) in [4.78, 5) is 4.13. The molecule has 1 heterocycles. The highest BCUT2D eigenvalue weighted by Crippen LogP contribution is 2.29. The molecule has 2 aromatic rings. The third-order valence-corrected chi connectivity index (χ3v) is 3.29. The summed E-state index contributed by atoms with van der Waals surface area (Å²) in [6.07, 6.45) is 2.63. The summed E-state index contributed by atoms with van der Waals surface area (Å²) in [6, 6.07) is 8.44. The maximum Gasteiger partial charge on any atom is 0.165 e. The first-order valence-corrected chi connectivity index (χ1v) is 6.94. The fraction of sp³-hybridized carbons (Fsp3) is 0.312. The summed E-state index contributed by atoms with van der Waals surface area (Å²) >= 11 is 0. The average molecular weight is 289 g/mol. The van der Waals surface area contributed by atoms with Gasteiger partial charge in [-0.3, -0.25) is 0 Å². The molecule has 1 aromatic carbocycles. The highest BCUT2D eigenvalue weighted by molar-refractivity contribution is 5.46. The van der Waals surface area contributed by atoms with Crippen molar-refractivity contribution in [3.63, 3.8) is 0 Å². The third kappa shape index (κ3) is 3.49. The van der Waals surface area contributed by atoms with Gasteiger partial charge in [0.2, 0.25) is 0 Å². The number of anilines is 1. The molecular formula is C16H20FN3O. The summed E-state index contributed by atoms with van der Waals surface area (Å²) in [6.45, 7) is 2.90. The minimum Gasteiger partial charge on any atom is -0.494 e. The second-order valence-corrected chi connectivity index (χ2v) is 4.76. The van der Waals surface area contributed by atoms with Crippen molar-refractivity contribution in [2.45, 2.75) is 19.4 Å². The van der Waals surface area contributed by atoms with Gasteiger partial charge in [-0.1, -0.05) is 19.1 Å². The van der Waals surface area contributed by atoms with Crippen LogP contribution >= 0.6 is 0 Å². The minimum absolute atomic E-state index is 0.145. The second kappa shape index (κ2) is 7.04. The number of hydrogen-bond donors (Lipinski definition) is 2. The Morgan fingerprint density at radius 2 is 2.19 bits per heavy atom. The van der Waals surface area contributed by atoms with Crippen LogP contribution in [0.4, 0.5) is 10.2 Å². The van der Waals surface area contributed by atoms with E-state index in [4.69, 9.17) is 10.5 Å². The number of pyridine rings is 1. The van der Waals surface area contributed by atoms with E-state index in [2.05, 4.69) is 17.2 Å². The first-order chi connectivity index (χ1) is 10.2. The van der Waals surface area contributed by atoms with Gasteiger partial charge in [-0.25, -0.2) is 9.37 Å². The van der Waals surface area contributed by atoms with Crippen molar-refractivity contribution in [3.8, 4) is 5.75 Å². The summed E-state index contributed by atoms with van der Waals surface area (Å²) in [5.41, 5.74) is 7.74. The maximum absolute atomic E-state index is 13.6. The number of nitrogens with zero attached hydrogens (tertiary/aromatic N) is 1. The molecule has 0 radical (unpaired) electrons. The summed E-state index contributed by atoms with van der Waals surface area (Å²) in [5.74, 6) is 0.308. The zero-order chi connectivity index (χ0) is 15.2. The van der Waals surface area contributed by atoms with Crippen LogP contribution in [0.5, 0.6) is 5.75 Å². The molecule has 0 saturated carbocycles. The standard InChI is InChI=1S/C16H20FN3O/c1-3-8-19-15(12-5-4-9-20-16(12)18)11-6-7-13(17)14(10-11)21-2/h4-7,9-10,15,19H,3,8H2,1-2H3,(H2,18,20). The molecule has 5 heteroatoms. The second-order valence-electron chi connectivity index (χ2n) is 4.76. The molecular weight excluding hydrogens is 269 g/mol. The fourth-order valence-electron chi connectivity index (χ4n) is 2.23. The zero-order valence-corrected chi connectivity index (χ0v) is 12.3. The van der Waals surface area contributed by atoms with Gasteiger partial charge >= 0.3 is 0 Å². The van der Waals surface area contributed by atoms with E-state index in [1.165, 1.54) is 13.2 Å². The lowest BCUT2D eigenvalue weighted by atomic mass is 9.98. The molecule has 0 amide bonds. The molecule has 0 saturated heterocycles. The average Bonchev–Trinajstić information content (AvgIpc) is 2.50. The van der Waals surface area contributed by atoms with Crippen molar-refractivity contribution in [1.29, 1.82) is 0 Å². The molecule has 0 bridgehead atoms. The molecule has 2 rings (SSSR count). The number of benzene rings is 1. The maximum atomic E-state index is 13.6. The number of hydrogen-bond acceptors (Lipinski definition) is 4. The topological polar surface area (TPSA) is 60.2 Å². The Bertz CT molecular complexity index is 604. The lowest BCUT2D eigenvalue weighted by molar-refractivity contribution is 0.385. The van der Waals surface area contributed by atoms with Crippen molar-refractivity contribution in [2.75, 3.05) is 19.4 Å². The van der Waals surface area contributed by atoms with E-state index >= 15 is 0 Å². The smallest absolute Gasteiger partial charge is 0.165 e. The molecule has 1 unspecified atom stereocenters. The van der Waals surface area contributed by atoms with E-state index in [0.717, 1.165) is 24.1 Å². The predicted octanol–water partition coefficient (Wildman–Crippen LogP) is 2.90. The van der Waals surface area contributed by atoms with Gasteiger partial charge in [-0.05, 0) is 36.7 Å². The van der Waals surface area contributed by atoms with Gasteiger partial charge < -0.3 is 15.8 Å². The predicted molar refractivity (Wildman–Crippen MR) is 81.7 cm³/mol. The van der Waals surface area contributed by atoms with Crippen LogP contribution in [0, 0.1) is 5.82 Å². The number of methoxy groups -OCH3 is 1. The molecule has 0 aliphatic rings. The van der Waals surface area contributed by atoms with Gasteiger partial charge in [-0.2, -0.15) is 0 Å².